The van der Waals surface area contributed by atoms with E-state index in [2.05, 4.69) is 15.7 Å². The van der Waals surface area contributed by atoms with Crippen molar-refractivity contribution in [2.45, 2.75) is 6.04 Å². The van der Waals surface area contributed by atoms with E-state index in [4.69, 9.17) is 4.84 Å². The molecule has 0 aromatic rings. The summed E-state index contributed by atoms with van der Waals surface area (Å²) in [5.41, 5.74) is 5.26. The molecule has 5 heteroatoms. The topological polar surface area (TPSA) is 45.3 Å². The molecular weight excluding hydrogens is 150 g/mol. The predicted molar refractivity (Wildman–Crippen MR) is 39.1 cm³/mol. The Morgan fingerprint density at radius 2 is 2.60 bits per heavy atom. The molecule has 1 unspecified atom stereocenters. The maximum absolute atomic E-state index is 5.01. The summed E-state index contributed by atoms with van der Waals surface area (Å²) in [7, 11) is 0. The summed E-state index contributed by atoms with van der Waals surface area (Å²) in [5.74, 6) is 0.862. The first kappa shape index (κ1) is 6.09. The van der Waals surface area contributed by atoms with Crippen LogP contribution in [-0.2, 0) is 4.84 Å². The minimum atomic E-state index is 0.201. The van der Waals surface area contributed by atoms with E-state index in [1.807, 2.05) is 11.5 Å². The number of hydrogen-bond donors (Lipinski definition) is 3. The van der Waals surface area contributed by atoms with E-state index in [-0.39, 0.29) is 6.04 Å². The third-order valence-electron chi connectivity index (χ3n) is 1.28. The summed E-state index contributed by atoms with van der Waals surface area (Å²) in [6.07, 6.45) is 3.82. The molecule has 4 nitrogen and oxygen atoms in total. The van der Waals surface area contributed by atoms with Crippen molar-refractivity contribution in [3.63, 3.8) is 0 Å². The SMILES string of the molecule is C1=CC(C2=CNNO2)NS1. The highest BCUT2D eigenvalue weighted by Gasteiger charge is 2.18. The van der Waals surface area contributed by atoms with Gasteiger partial charge < -0.3 is 4.84 Å². The molecule has 2 aliphatic rings. The summed E-state index contributed by atoms with van der Waals surface area (Å²) in [4.78, 5) is 5.01. The Labute approximate surface area is 62.8 Å². The average molecular weight is 157 g/mol. The summed E-state index contributed by atoms with van der Waals surface area (Å²) < 4.78 is 3.13. The monoisotopic (exact) mass is 157 g/mol. The number of hydrogen-bond acceptors (Lipinski definition) is 5. The van der Waals surface area contributed by atoms with Gasteiger partial charge in [0.2, 0.25) is 0 Å². The first-order valence-corrected chi connectivity index (χ1v) is 3.80. The second kappa shape index (κ2) is 2.53. The van der Waals surface area contributed by atoms with Gasteiger partial charge in [0.1, 0.15) is 0 Å². The van der Waals surface area contributed by atoms with Crippen molar-refractivity contribution in [3.8, 4) is 0 Å². The highest BCUT2D eigenvalue weighted by atomic mass is 32.2. The van der Waals surface area contributed by atoms with Gasteiger partial charge in [0, 0.05) is 0 Å². The Bertz CT molecular complexity index is 191. The first-order chi connectivity index (χ1) is 4.97. The number of rotatable bonds is 1. The molecule has 0 saturated heterocycles. The zero-order valence-corrected chi connectivity index (χ0v) is 5.94. The third-order valence-corrected chi connectivity index (χ3v) is 1.97. The van der Waals surface area contributed by atoms with Gasteiger partial charge in [-0.05, 0) is 5.41 Å². The summed E-state index contributed by atoms with van der Waals surface area (Å²) in [5, 5.41) is 1.99. The number of hydrazine groups is 1. The van der Waals surface area contributed by atoms with Gasteiger partial charge in [0.15, 0.2) is 5.76 Å². The van der Waals surface area contributed by atoms with Crippen LogP contribution in [0.25, 0.3) is 0 Å². The van der Waals surface area contributed by atoms with Crippen molar-refractivity contribution < 1.29 is 4.84 Å². The molecule has 2 aliphatic heterocycles. The fourth-order valence-electron chi connectivity index (χ4n) is 0.794. The third kappa shape index (κ3) is 0.985. The summed E-state index contributed by atoms with van der Waals surface area (Å²) in [6.45, 7) is 0. The van der Waals surface area contributed by atoms with Gasteiger partial charge in [-0.25, -0.2) is 4.72 Å². The van der Waals surface area contributed by atoms with Crippen LogP contribution in [-0.4, -0.2) is 6.04 Å². The normalized spacial score (nSPS) is 29.6. The van der Waals surface area contributed by atoms with Crippen molar-refractivity contribution in [1.82, 2.24) is 15.7 Å². The standard InChI is InChI=1S/C5H7N3OS/c1-2-10-7-4(1)5-3-6-8-9-5/h1-4,6-8H. The van der Waals surface area contributed by atoms with Gasteiger partial charge in [-0.15, -0.1) is 0 Å². The van der Waals surface area contributed by atoms with Crippen LogP contribution in [0.1, 0.15) is 0 Å². The molecular formula is C5H7N3OS. The lowest BCUT2D eigenvalue weighted by Crippen LogP contribution is -2.22. The largest absolute Gasteiger partial charge is 0.390 e. The molecule has 54 valence electrons. The Morgan fingerprint density at radius 3 is 3.20 bits per heavy atom. The van der Waals surface area contributed by atoms with Gasteiger partial charge >= 0.3 is 0 Å². The van der Waals surface area contributed by atoms with Gasteiger partial charge in [0.05, 0.1) is 12.2 Å². The molecule has 0 fully saturated rings. The molecule has 0 spiro atoms. The summed E-state index contributed by atoms with van der Waals surface area (Å²) in [6, 6.07) is 0.201. The molecule has 3 N–H and O–H groups in total. The van der Waals surface area contributed by atoms with Gasteiger partial charge in [-0.2, -0.15) is 0 Å². The first-order valence-electron chi connectivity index (χ1n) is 2.92. The predicted octanol–water partition coefficient (Wildman–Crippen LogP) is 0.000900. The van der Waals surface area contributed by atoms with Crippen LogP contribution in [0.15, 0.2) is 23.4 Å². The van der Waals surface area contributed by atoms with Crippen molar-refractivity contribution in [3.05, 3.63) is 23.4 Å². The number of nitrogens with one attached hydrogen (secondary N) is 3. The van der Waals surface area contributed by atoms with E-state index < -0.39 is 0 Å². The van der Waals surface area contributed by atoms with Crippen LogP contribution < -0.4 is 15.7 Å². The molecule has 0 aliphatic carbocycles. The lowest BCUT2D eigenvalue weighted by molar-refractivity contribution is 0.104. The minimum Gasteiger partial charge on any atom is -0.390 e. The molecule has 0 aromatic heterocycles. The van der Waals surface area contributed by atoms with Crippen molar-refractivity contribution in [1.29, 1.82) is 0 Å². The molecule has 2 heterocycles. The minimum absolute atomic E-state index is 0.201. The zero-order chi connectivity index (χ0) is 6.81. The molecule has 0 aromatic carbocycles. The maximum atomic E-state index is 5.01. The molecule has 0 amide bonds. The molecule has 0 saturated carbocycles. The van der Waals surface area contributed by atoms with Crippen molar-refractivity contribution in [2.24, 2.45) is 0 Å². The smallest absolute Gasteiger partial charge is 0.165 e. The van der Waals surface area contributed by atoms with Gasteiger partial charge in [0.25, 0.3) is 0 Å². The second-order valence-electron chi connectivity index (χ2n) is 1.94. The Morgan fingerprint density at radius 1 is 1.60 bits per heavy atom. The second-order valence-corrected chi connectivity index (χ2v) is 2.68. The van der Waals surface area contributed by atoms with E-state index in [1.165, 1.54) is 0 Å². The zero-order valence-electron chi connectivity index (χ0n) is 5.13. The highest BCUT2D eigenvalue weighted by molar-refractivity contribution is 8.00. The Hall–Kier alpha value is -0.650. The van der Waals surface area contributed by atoms with E-state index in [0.717, 1.165) is 5.76 Å². The maximum Gasteiger partial charge on any atom is 0.165 e. The highest BCUT2D eigenvalue weighted by Crippen LogP contribution is 2.16. The van der Waals surface area contributed by atoms with Crippen LogP contribution in [0.2, 0.25) is 0 Å². The lowest BCUT2D eigenvalue weighted by Gasteiger charge is -2.06. The molecule has 0 radical (unpaired) electrons. The van der Waals surface area contributed by atoms with E-state index >= 15 is 0 Å². The van der Waals surface area contributed by atoms with Crippen LogP contribution in [0.4, 0.5) is 0 Å². The fraction of sp³-hybridized carbons (Fsp3) is 0.200. The fourth-order valence-corrected chi connectivity index (χ4v) is 1.45. The molecule has 1 atom stereocenters. The van der Waals surface area contributed by atoms with Gasteiger partial charge in [-0.3, -0.25) is 5.43 Å². The van der Waals surface area contributed by atoms with Gasteiger partial charge in [-0.1, -0.05) is 23.6 Å². The molecule has 2 rings (SSSR count). The van der Waals surface area contributed by atoms with E-state index in [0.29, 0.717) is 0 Å². The quantitative estimate of drug-likeness (QED) is 0.468. The van der Waals surface area contributed by atoms with Crippen molar-refractivity contribution >= 4 is 11.9 Å². The average Bonchev–Trinajstić information content (AvgIpc) is 2.59. The molecule has 0 bridgehead atoms. The van der Waals surface area contributed by atoms with Crippen LogP contribution >= 0.6 is 11.9 Å². The van der Waals surface area contributed by atoms with Crippen LogP contribution in [0.5, 0.6) is 0 Å². The Kier molecular flexibility index (Phi) is 1.54. The lowest BCUT2D eigenvalue weighted by atomic mass is 10.3. The Balaban J connectivity index is 2.04. The van der Waals surface area contributed by atoms with Crippen molar-refractivity contribution in [2.75, 3.05) is 0 Å². The summed E-state index contributed by atoms with van der Waals surface area (Å²) >= 11 is 1.56. The van der Waals surface area contributed by atoms with Crippen LogP contribution in [0, 0.1) is 0 Å². The van der Waals surface area contributed by atoms with E-state index in [1.54, 1.807) is 18.1 Å². The van der Waals surface area contributed by atoms with E-state index in [9.17, 15) is 0 Å². The van der Waals surface area contributed by atoms with Crippen LogP contribution in [0.3, 0.4) is 0 Å². The molecule has 10 heavy (non-hydrogen) atoms.